The summed E-state index contributed by atoms with van der Waals surface area (Å²) in [5, 5.41) is 5.64. The number of aliphatic imine (C=N–C) groups is 1. The Bertz CT molecular complexity index is 633. The van der Waals surface area contributed by atoms with Crippen LogP contribution in [0.2, 0.25) is 0 Å². The molecule has 0 aliphatic rings. The van der Waals surface area contributed by atoms with E-state index in [1.165, 1.54) is 7.05 Å². The van der Waals surface area contributed by atoms with Crippen LogP contribution in [0.25, 0.3) is 0 Å². The number of halogens is 3. The van der Waals surface area contributed by atoms with Gasteiger partial charge in [-0.15, -0.1) is 0 Å². The fourth-order valence-corrected chi connectivity index (χ4v) is 2.08. The van der Waals surface area contributed by atoms with E-state index in [9.17, 15) is 13.2 Å². The number of nitrogens with one attached hydrogen (secondary N) is 2. The van der Waals surface area contributed by atoms with Crippen molar-refractivity contribution in [2.24, 2.45) is 4.99 Å². The van der Waals surface area contributed by atoms with E-state index in [2.05, 4.69) is 20.6 Å². The van der Waals surface area contributed by atoms with E-state index in [0.717, 1.165) is 17.7 Å². The third-order valence-corrected chi connectivity index (χ3v) is 3.33. The summed E-state index contributed by atoms with van der Waals surface area (Å²) < 4.78 is 38.4. The summed E-state index contributed by atoms with van der Waals surface area (Å²) in [5.74, 6) is 0.349. The van der Waals surface area contributed by atoms with Gasteiger partial charge in [-0.05, 0) is 11.1 Å². The van der Waals surface area contributed by atoms with Crippen LogP contribution in [0.5, 0.6) is 0 Å². The van der Waals surface area contributed by atoms with Gasteiger partial charge in [0.05, 0.1) is 12.7 Å². The van der Waals surface area contributed by atoms with Gasteiger partial charge in [-0.1, -0.05) is 24.3 Å². The highest BCUT2D eigenvalue weighted by molar-refractivity contribution is 5.79. The minimum Gasteiger partial charge on any atom is -0.356 e. The van der Waals surface area contributed by atoms with Crippen LogP contribution in [0.15, 0.2) is 48.0 Å². The standard InChI is InChI=1S/C16H20F3N5/c1-20-15(22-7-6-16(17,18)19)23-10-13-2-4-14(5-3-13)11-24-9-8-21-12-24/h2-5,8-9,12H,6-7,10-11H2,1H3,(H2,20,22,23). The maximum absolute atomic E-state index is 12.1. The van der Waals surface area contributed by atoms with Gasteiger partial charge in [0, 0.05) is 39.1 Å². The molecule has 2 aromatic rings. The van der Waals surface area contributed by atoms with E-state index in [0.29, 0.717) is 12.5 Å². The van der Waals surface area contributed by atoms with E-state index in [-0.39, 0.29) is 6.54 Å². The molecule has 0 fully saturated rings. The van der Waals surface area contributed by atoms with Gasteiger partial charge in [-0.25, -0.2) is 4.98 Å². The van der Waals surface area contributed by atoms with Crippen LogP contribution in [0.3, 0.4) is 0 Å². The van der Waals surface area contributed by atoms with Crippen LogP contribution in [0.1, 0.15) is 17.5 Å². The van der Waals surface area contributed by atoms with Gasteiger partial charge in [0.2, 0.25) is 0 Å². The first-order chi connectivity index (χ1) is 11.5. The number of imidazole rings is 1. The molecule has 1 aromatic carbocycles. The fourth-order valence-electron chi connectivity index (χ4n) is 2.08. The van der Waals surface area contributed by atoms with Gasteiger partial charge < -0.3 is 15.2 Å². The third-order valence-electron chi connectivity index (χ3n) is 3.33. The van der Waals surface area contributed by atoms with Crippen molar-refractivity contribution in [1.29, 1.82) is 0 Å². The summed E-state index contributed by atoms with van der Waals surface area (Å²) in [6.45, 7) is 1.03. The Kier molecular flexibility index (Phi) is 6.22. The van der Waals surface area contributed by atoms with Crippen molar-refractivity contribution in [2.75, 3.05) is 13.6 Å². The summed E-state index contributed by atoms with van der Waals surface area (Å²) in [6, 6.07) is 7.97. The molecule has 8 heteroatoms. The summed E-state index contributed by atoms with van der Waals surface area (Å²) in [4.78, 5) is 7.90. The number of alkyl halides is 3. The zero-order valence-corrected chi connectivity index (χ0v) is 13.3. The maximum Gasteiger partial charge on any atom is 0.390 e. The third kappa shape index (κ3) is 6.31. The maximum atomic E-state index is 12.1. The van der Waals surface area contributed by atoms with E-state index in [4.69, 9.17) is 0 Å². The van der Waals surface area contributed by atoms with Crippen LogP contribution >= 0.6 is 0 Å². The number of guanidine groups is 1. The lowest BCUT2D eigenvalue weighted by atomic mass is 10.1. The number of benzene rings is 1. The molecule has 0 atom stereocenters. The normalized spacial score (nSPS) is 12.2. The van der Waals surface area contributed by atoms with Gasteiger partial charge in [0.1, 0.15) is 0 Å². The molecular weight excluding hydrogens is 319 g/mol. The Morgan fingerprint density at radius 2 is 1.88 bits per heavy atom. The molecule has 0 spiro atoms. The van der Waals surface area contributed by atoms with Gasteiger partial charge in [0.25, 0.3) is 0 Å². The average molecular weight is 339 g/mol. The quantitative estimate of drug-likeness (QED) is 0.628. The lowest BCUT2D eigenvalue weighted by Gasteiger charge is -2.13. The Balaban J connectivity index is 1.78. The monoisotopic (exact) mass is 339 g/mol. The predicted octanol–water partition coefficient (Wildman–Crippen LogP) is 2.55. The van der Waals surface area contributed by atoms with E-state index >= 15 is 0 Å². The number of aromatic nitrogens is 2. The molecule has 1 aromatic heterocycles. The van der Waals surface area contributed by atoms with Crippen molar-refractivity contribution in [3.05, 3.63) is 54.1 Å². The van der Waals surface area contributed by atoms with Gasteiger partial charge in [-0.3, -0.25) is 4.99 Å². The molecular formula is C16H20F3N5. The predicted molar refractivity (Wildman–Crippen MR) is 86.6 cm³/mol. The second kappa shape index (κ2) is 8.37. The number of rotatable bonds is 6. The zero-order chi connectivity index (χ0) is 17.4. The highest BCUT2D eigenvalue weighted by Gasteiger charge is 2.26. The topological polar surface area (TPSA) is 54.2 Å². The molecule has 24 heavy (non-hydrogen) atoms. The minimum atomic E-state index is -4.17. The minimum absolute atomic E-state index is 0.201. The smallest absolute Gasteiger partial charge is 0.356 e. The zero-order valence-electron chi connectivity index (χ0n) is 13.3. The van der Waals surface area contributed by atoms with Crippen molar-refractivity contribution in [1.82, 2.24) is 20.2 Å². The first kappa shape index (κ1) is 17.8. The van der Waals surface area contributed by atoms with Crippen molar-refractivity contribution in [2.45, 2.75) is 25.7 Å². The summed E-state index contributed by atoms with van der Waals surface area (Å²) in [5.41, 5.74) is 2.16. The molecule has 0 unspecified atom stereocenters. The molecule has 2 N–H and O–H groups in total. The van der Waals surface area contributed by atoms with E-state index < -0.39 is 12.6 Å². The average Bonchev–Trinajstić information content (AvgIpc) is 3.04. The highest BCUT2D eigenvalue weighted by Crippen LogP contribution is 2.18. The van der Waals surface area contributed by atoms with Crippen molar-refractivity contribution in [3.8, 4) is 0 Å². The van der Waals surface area contributed by atoms with E-state index in [1.54, 1.807) is 12.5 Å². The van der Waals surface area contributed by atoms with Crippen molar-refractivity contribution < 1.29 is 13.2 Å². The molecule has 0 bridgehead atoms. The molecule has 130 valence electrons. The van der Waals surface area contributed by atoms with Crippen LogP contribution < -0.4 is 10.6 Å². The van der Waals surface area contributed by atoms with Crippen molar-refractivity contribution in [3.63, 3.8) is 0 Å². The van der Waals surface area contributed by atoms with Gasteiger partial charge in [-0.2, -0.15) is 13.2 Å². The first-order valence-corrected chi connectivity index (χ1v) is 7.51. The number of hydrogen-bond donors (Lipinski definition) is 2. The van der Waals surface area contributed by atoms with E-state index in [1.807, 2.05) is 35.0 Å². The molecule has 0 amide bonds. The molecule has 0 saturated heterocycles. The van der Waals surface area contributed by atoms with Crippen LogP contribution in [0.4, 0.5) is 13.2 Å². The molecule has 5 nitrogen and oxygen atoms in total. The van der Waals surface area contributed by atoms with Crippen molar-refractivity contribution >= 4 is 5.96 Å². The Hall–Kier alpha value is -2.51. The number of hydrogen-bond acceptors (Lipinski definition) is 2. The molecule has 0 aliphatic carbocycles. The molecule has 0 saturated carbocycles. The summed E-state index contributed by atoms with van der Waals surface area (Å²) in [7, 11) is 1.52. The van der Waals surface area contributed by atoms with Crippen LogP contribution in [-0.4, -0.2) is 35.3 Å². The molecule has 0 aliphatic heterocycles. The second-order valence-corrected chi connectivity index (χ2v) is 5.27. The second-order valence-electron chi connectivity index (χ2n) is 5.27. The van der Waals surface area contributed by atoms with Crippen LogP contribution in [0, 0.1) is 0 Å². The lowest BCUT2D eigenvalue weighted by Crippen LogP contribution is -2.38. The van der Waals surface area contributed by atoms with Crippen LogP contribution in [-0.2, 0) is 13.1 Å². The van der Waals surface area contributed by atoms with Gasteiger partial charge in [0.15, 0.2) is 5.96 Å². The Labute approximate surface area is 138 Å². The molecule has 1 heterocycles. The van der Waals surface area contributed by atoms with Gasteiger partial charge >= 0.3 is 6.18 Å². The Morgan fingerprint density at radius 1 is 1.17 bits per heavy atom. The summed E-state index contributed by atoms with van der Waals surface area (Å²) >= 11 is 0. The SMILES string of the molecule is CN=C(NCCC(F)(F)F)NCc1ccc(Cn2ccnc2)cc1. The molecule has 0 radical (unpaired) electrons. The molecule has 2 rings (SSSR count). The fraction of sp³-hybridized carbons (Fsp3) is 0.375. The lowest BCUT2D eigenvalue weighted by molar-refractivity contribution is -0.132. The first-order valence-electron chi connectivity index (χ1n) is 7.51. The largest absolute Gasteiger partial charge is 0.390 e. The number of nitrogens with zero attached hydrogens (tertiary/aromatic N) is 3. The Morgan fingerprint density at radius 3 is 2.46 bits per heavy atom. The highest BCUT2D eigenvalue weighted by atomic mass is 19.4. The summed E-state index contributed by atoms with van der Waals surface area (Å²) in [6.07, 6.45) is 0.321.